The molecule has 0 aromatic heterocycles. The predicted octanol–water partition coefficient (Wildman–Crippen LogP) is 0.927. The molecule has 0 aromatic rings. The minimum absolute atomic E-state index is 0.0535. The second-order valence-corrected chi connectivity index (χ2v) is 6.28. The van der Waals surface area contributed by atoms with Crippen LogP contribution < -0.4 is 0 Å². The molecule has 1 saturated carbocycles. The van der Waals surface area contributed by atoms with Gasteiger partial charge in [-0.05, 0) is 52.0 Å². The Morgan fingerprint density at radius 1 is 1.35 bits per heavy atom. The summed E-state index contributed by atoms with van der Waals surface area (Å²) in [6.45, 7) is 4.45. The number of β-amino-alcohol motifs (C(OH)–C–C–N with tert-alkyl or cyclic N) is 2. The highest BCUT2D eigenvalue weighted by Gasteiger charge is 2.38. The van der Waals surface area contributed by atoms with Crippen LogP contribution in [0.15, 0.2) is 0 Å². The summed E-state index contributed by atoms with van der Waals surface area (Å²) in [6.07, 6.45) is 4.27. The first-order valence-electron chi connectivity index (χ1n) is 7.82. The average Bonchev–Trinajstić information content (AvgIpc) is 2.39. The summed E-state index contributed by atoms with van der Waals surface area (Å²) in [5, 5.41) is 20.3. The maximum Gasteiger partial charge on any atom is 0.308 e. The summed E-state index contributed by atoms with van der Waals surface area (Å²) in [7, 11) is 0. The van der Waals surface area contributed by atoms with Crippen LogP contribution in [0.4, 0.5) is 0 Å². The van der Waals surface area contributed by atoms with E-state index < -0.39 is 5.60 Å². The lowest BCUT2D eigenvalue weighted by atomic mass is 9.78. The van der Waals surface area contributed by atoms with Crippen molar-refractivity contribution in [2.45, 2.75) is 57.2 Å². The number of esters is 1. The van der Waals surface area contributed by atoms with Crippen LogP contribution in [0.1, 0.15) is 45.4 Å². The van der Waals surface area contributed by atoms with Gasteiger partial charge in [-0.15, -0.1) is 0 Å². The lowest BCUT2D eigenvalue weighted by Gasteiger charge is -2.40. The molecule has 1 saturated heterocycles. The van der Waals surface area contributed by atoms with Gasteiger partial charge in [0.15, 0.2) is 0 Å². The van der Waals surface area contributed by atoms with E-state index in [4.69, 9.17) is 4.74 Å². The van der Waals surface area contributed by atoms with Crippen LogP contribution in [0, 0.1) is 5.92 Å². The number of aliphatic hydroxyl groups excluding tert-OH is 1. The maximum atomic E-state index is 11.7. The zero-order valence-electron chi connectivity index (χ0n) is 12.4. The minimum atomic E-state index is -0.708. The van der Waals surface area contributed by atoms with Gasteiger partial charge in [-0.2, -0.15) is 0 Å². The Balaban J connectivity index is 1.80. The first kappa shape index (κ1) is 15.7. The van der Waals surface area contributed by atoms with Gasteiger partial charge in [0.05, 0.1) is 24.2 Å². The zero-order valence-corrected chi connectivity index (χ0v) is 12.4. The molecule has 0 bridgehead atoms. The maximum absolute atomic E-state index is 11.7. The van der Waals surface area contributed by atoms with E-state index in [1.54, 1.807) is 0 Å². The van der Waals surface area contributed by atoms with Gasteiger partial charge in [-0.3, -0.25) is 9.69 Å². The van der Waals surface area contributed by atoms with Crippen LogP contribution >= 0.6 is 0 Å². The van der Waals surface area contributed by atoms with E-state index >= 15 is 0 Å². The molecule has 116 valence electrons. The number of ether oxygens (including phenoxy) is 1. The number of piperidine rings is 1. The largest absolute Gasteiger partial charge is 0.466 e. The fourth-order valence-corrected chi connectivity index (χ4v) is 3.40. The van der Waals surface area contributed by atoms with Crippen molar-refractivity contribution in [1.29, 1.82) is 0 Å². The van der Waals surface area contributed by atoms with Gasteiger partial charge in [0.25, 0.3) is 0 Å². The Morgan fingerprint density at radius 3 is 2.65 bits per heavy atom. The van der Waals surface area contributed by atoms with Gasteiger partial charge in [0.1, 0.15) is 0 Å². The number of hydrogen-bond acceptors (Lipinski definition) is 5. The molecule has 0 aromatic carbocycles. The SMILES string of the molecule is CCOC(=O)C1CCC(O)(CN2CCCC(O)C2)CC1. The number of carbonyl (C=O) groups excluding carboxylic acids is 1. The summed E-state index contributed by atoms with van der Waals surface area (Å²) < 4.78 is 5.05. The lowest BCUT2D eigenvalue weighted by Crippen LogP contribution is -2.50. The molecule has 1 heterocycles. The van der Waals surface area contributed by atoms with Crippen molar-refractivity contribution in [3.05, 3.63) is 0 Å². The van der Waals surface area contributed by atoms with Gasteiger partial charge in [-0.1, -0.05) is 0 Å². The van der Waals surface area contributed by atoms with Crippen molar-refractivity contribution in [3.63, 3.8) is 0 Å². The molecule has 20 heavy (non-hydrogen) atoms. The number of likely N-dealkylation sites (tertiary alicyclic amines) is 1. The van der Waals surface area contributed by atoms with Crippen molar-refractivity contribution < 1.29 is 19.7 Å². The normalized spacial score (nSPS) is 35.8. The second kappa shape index (κ2) is 6.87. The third-order valence-corrected chi connectivity index (χ3v) is 4.53. The molecule has 0 radical (unpaired) electrons. The Hall–Kier alpha value is -0.650. The van der Waals surface area contributed by atoms with Gasteiger partial charge < -0.3 is 14.9 Å². The molecule has 2 rings (SSSR count). The van der Waals surface area contributed by atoms with Crippen molar-refractivity contribution >= 4 is 5.97 Å². The molecule has 0 amide bonds. The standard InChI is InChI=1S/C15H27NO4/c1-2-20-14(18)12-5-7-15(19,8-6-12)11-16-9-3-4-13(17)10-16/h12-13,17,19H,2-11H2,1H3. The van der Waals surface area contributed by atoms with E-state index in [1.807, 2.05) is 6.92 Å². The van der Waals surface area contributed by atoms with Crippen molar-refractivity contribution in [3.8, 4) is 0 Å². The van der Waals surface area contributed by atoms with E-state index in [0.29, 0.717) is 45.4 Å². The van der Waals surface area contributed by atoms with Gasteiger partial charge in [0, 0.05) is 13.1 Å². The minimum Gasteiger partial charge on any atom is -0.466 e. The lowest BCUT2D eigenvalue weighted by molar-refractivity contribution is -0.151. The number of nitrogens with zero attached hydrogens (tertiary/aromatic N) is 1. The smallest absolute Gasteiger partial charge is 0.308 e. The van der Waals surface area contributed by atoms with E-state index in [0.717, 1.165) is 19.4 Å². The summed E-state index contributed by atoms with van der Waals surface area (Å²) in [6, 6.07) is 0. The third kappa shape index (κ3) is 4.17. The molecule has 2 N–H and O–H groups in total. The topological polar surface area (TPSA) is 70.0 Å². The van der Waals surface area contributed by atoms with Crippen molar-refractivity contribution in [1.82, 2.24) is 4.90 Å². The van der Waals surface area contributed by atoms with E-state index in [-0.39, 0.29) is 18.0 Å². The van der Waals surface area contributed by atoms with Crippen LogP contribution in [0.3, 0.4) is 0 Å². The van der Waals surface area contributed by atoms with Gasteiger partial charge in [-0.25, -0.2) is 0 Å². The molecular formula is C15H27NO4. The highest BCUT2D eigenvalue weighted by atomic mass is 16.5. The first-order valence-corrected chi connectivity index (χ1v) is 7.82. The number of rotatable bonds is 4. The average molecular weight is 285 g/mol. The molecule has 2 fully saturated rings. The van der Waals surface area contributed by atoms with Gasteiger partial charge in [0.2, 0.25) is 0 Å². The summed E-state index contributed by atoms with van der Waals surface area (Å²) in [5.41, 5.74) is -0.708. The molecule has 5 nitrogen and oxygen atoms in total. The third-order valence-electron chi connectivity index (χ3n) is 4.53. The van der Waals surface area contributed by atoms with Crippen LogP contribution in [0.5, 0.6) is 0 Å². The van der Waals surface area contributed by atoms with Crippen LogP contribution in [-0.2, 0) is 9.53 Å². The first-order chi connectivity index (χ1) is 9.52. The Morgan fingerprint density at radius 2 is 2.05 bits per heavy atom. The fourth-order valence-electron chi connectivity index (χ4n) is 3.40. The summed E-state index contributed by atoms with van der Waals surface area (Å²) in [5.74, 6) is -0.176. The quantitative estimate of drug-likeness (QED) is 0.752. The van der Waals surface area contributed by atoms with Crippen LogP contribution in [0.25, 0.3) is 0 Å². The predicted molar refractivity (Wildman–Crippen MR) is 75.2 cm³/mol. The van der Waals surface area contributed by atoms with E-state index in [9.17, 15) is 15.0 Å². The van der Waals surface area contributed by atoms with Crippen LogP contribution in [-0.4, -0.2) is 59.0 Å². The summed E-state index contributed by atoms with van der Waals surface area (Å²) in [4.78, 5) is 13.8. The number of aliphatic hydroxyl groups is 2. The van der Waals surface area contributed by atoms with Crippen molar-refractivity contribution in [2.24, 2.45) is 5.92 Å². The molecule has 0 spiro atoms. The Bertz CT molecular complexity index is 326. The zero-order chi connectivity index (χ0) is 14.6. The fraction of sp³-hybridized carbons (Fsp3) is 0.933. The summed E-state index contributed by atoms with van der Waals surface area (Å²) >= 11 is 0. The van der Waals surface area contributed by atoms with Gasteiger partial charge >= 0.3 is 5.97 Å². The number of carbonyl (C=O) groups is 1. The molecule has 1 aliphatic carbocycles. The van der Waals surface area contributed by atoms with E-state index in [1.165, 1.54) is 0 Å². The second-order valence-electron chi connectivity index (χ2n) is 6.28. The molecular weight excluding hydrogens is 258 g/mol. The molecule has 2 aliphatic rings. The number of hydrogen-bond donors (Lipinski definition) is 2. The monoisotopic (exact) mass is 285 g/mol. The molecule has 1 atom stereocenters. The molecule has 1 aliphatic heterocycles. The van der Waals surface area contributed by atoms with E-state index in [2.05, 4.69) is 4.90 Å². The molecule has 1 unspecified atom stereocenters. The highest BCUT2D eigenvalue weighted by Crippen LogP contribution is 2.34. The Kier molecular flexibility index (Phi) is 5.41. The van der Waals surface area contributed by atoms with Crippen LogP contribution in [0.2, 0.25) is 0 Å². The Labute approximate surface area is 120 Å². The highest BCUT2D eigenvalue weighted by molar-refractivity contribution is 5.72. The molecule has 5 heteroatoms. The van der Waals surface area contributed by atoms with Crippen molar-refractivity contribution in [2.75, 3.05) is 26.2 Å².